The Bertz CT molecular complexity index is 495. The molecule has 0 aliphatic carbocycles. The highest BCUT2D eigenvalue weighted by atomic mass is 79.9. The Balaban J connectivity index is 2.31. The molecule has 1 fully saturated rings. The first-order chi connectivity index (χ1) is 8.00. The van der Waals surface area contributed by atoms with E-state index in [1.165, 1.54) is 0 Å². The van der Waals surface area contributed by atoms with Crippen LogP contribution in [0.3, 0.4) is 0 Å². The Morgan fingerprint density at radius 1 is 1.47 bits per heavy atom. The van der Waals surface area contributed by atoms with E-state index in [-0.39, 0.29) is 16.0 Å². The number of benzene rings is 1. The van der Waals surface area contributed by atoms with E-state index < -0.39 is 10.0 Å². The second-order valence-corrected chi connectivity index (χ2v) is 6.77. The molecule has 1 unspecified atom stereocenters. The Morgan fingerprint density at radius 3 is 2.82 bits per heavy atom. The standard InChI is InChI=1S/C10H12BrClN2O2S/c11-8-2-1-3-9(12)10(8)17(15,16)14-7-4-5-13-6-7/h1-3,7,13-14H,4-6H2. The highest BCUT2D eigenvalue weighted by Crippen LogP contribution is 2.29. The minimum Gasteiger partial charge on any atom is -0.315 e. The first-order valence-electron chi connectivity index (χ1n) is 5.18. The van der Waals surface area contributed by atoms with Gasteiger partial charge in [-0.1, -0.05) is 17.7 Å². The summed E-state index contributed by atoms with van der Waals surface area (Å²) in [5.41, 5.74) is 0. The summed E-state index contributed by atoms with van der Waals surface area (Å²) in [5.74, 6) is 0. The molecule has 0 spiro atoms. The predicted molar refractivity (Wildman–Crippen MR) is 70.7 cm³/mol. The van der Waals surface area contributed by atoms with Crippen LogP contribution in [0.5, 0.6) is 0 Å². The van der Waals surface area contributed by atoms with Crippen molar-refractivity contribution in [2.75, 3.05) is 13.1 Å². The summed E-state index contributed by atoms with van der Waals surface area (Å²) in [6.07, 6.45) is 0.793. The van der Waals surface area contributed by atoms with Crippen molar-refractivity contribution in [3.8, 4) is 0 Å². The van der Waals surface area contributed by atoms with E-state index in [0.717, 1.165) is 13.0 Å². The molecule has 0 aromatic heterocycles. The molecule has 94 valence electrons. The molecule has 2 rings (SSSR count). The van der Waals surface area contributed by atoms with Crippen molar-refractivity contribution in [1.82, 2.24) is 10.0 Å². The normalized spacial score (nSPS) is 20.7. The van der Waals surface area contributed by atoms with Gasteiger partial charge in [0.2, 0.25) is 10.0 Å². The van der Waals surface area contributed by atoms with E-state index >= 15 is 0 Å². The van der Waals surface area contributed by atoms with Crippen molar-refractivity contribution in [1.29, 1.82) is 0 Å². The molecule has 1 aliphatic heterocycles. The lowest BCUT2D eigenvalue weighted by Crippen LogP contribution is -2.36. The van der Waals surface area contributed by atoms with Gasteiger partial charge in [0.1, 0.15) is 4.90 Å². The summed E-state index contributed by atoms with van der Waals surface area (Å²) in [6.45, 7) is 1.48. The Labute approximate surface area is 114 Å². The van der Waals surface area contributed by atoms with E-state index in [9.17, 15) is 8.42 Å². The summed E-state index contributed by atoms with van der Waals surface area (Å²) in [7, 11) is -3.57. The number of halogens is 2. The van der Waals surface area contributed by atoms with E-state index in [0.29, 0.717) is 11.0 Å². The van der Waals surface area contributed by atoms with E-state index in [2.05, 4.69) is 26.0 Å². The number of nitrogens with one attached hydrogen (secondary N) is 2. The average molecular weight is 340 g/mol. The molecule has 1 aromatic rings. The smallest absolute Gasteiger partial charge is 0.243 e. The first kappa shape index (κ1) is 13.3. The molecule has 17 heavy (non-hydrogen) atoms. The van der Waals surface area contributed by atoms with Gasteiger partial charge < -0.3 is 5.32 Å². The molecule has 0 bridgehead atoms. The van der Waals surface area contributed by atoms with Gasteiger partial charge in [0.15, 0.2) is 0 Å². The third kappa shape index (κ3) is 3.00. The highest BCUT2D eigenvalue weighted by molar-refractivity contribution is 9.10. The maximum Gasteiger partial charge on any atom is 0.243 e. The Hall–Kier alpha value is -0.140. The second-order valence-electron chi connectivity index (χ2n) is 3.86. The van der Waals surface area contributed by atoms with Crippen molar-refractivity contribution in [2.24, 2.45) is 0 Å². The fraction of sp³-hybridized carbons (Fsp3) is 0.400. The van der Waals surface area contributed by atoms with Gasteiger partial charge in [0, 0.05) is 17.1 Å². The lowest BCUT2D eigenvalue weighted by atomic mass is 10.3. The fourth-order valence-corrected chi connectivity index (χ4v) is 4.78. The monoisotopic (exact) mass is 338 g/mol. The van der Waals surface area contributed by atoms with E-state index in [4.69, 9.17) is 11.6 Å². The molecule has 1 aliphatic rings. The summed E-state index contributed by atoms with van der Waals surface area (Å²) in [6, 6.07) is 4.85. The van der Waals surface area contributed by atoms with Gasteiger partial charge >= 0.3 is 0 Å². The minimum atomic E-state index is -3.57. The molecular weight excluding hydrogens is 328 g/mol. The fourth-order valence-electron chi connectivity index (χ4n) is 1.77. The first-order valence-corrected chi connectivity index (χ1v) is 7.83. The number of hydrogen-bond donors (Lipinski definition) is 2. The topological polar surface area (TPSA) is 58.2 Å². The van der Waals surface area contributed by atoms with Gasteiger partial charge in [-0.2, -0.15) is 0 Å². The Kier molecular flexibility index (Phi) is 4.10. The molecule has 1 saturated heterocycles. The quantitative estimate of drug-likeness (QED) is 0.882. The lowest BCUT2D eigenvalue weighted by molar-refractivity contribution is 0.560. The van der Waals surface area contributed by atoms with Crippen LogP contribution < -0.4 is 10.0 Å². The molecule has 0 amide bonds. The zero-order chi connectivity index (χ0) is 12.5. The predicted octanol–water partition coefficient (Wildman–Crippen LogP) is 1.74. The van der Waals surface area contributed by atoms with Crippen molar-refractivity contribution in [3.63, 3.8) is 0 Å². The lowest BCUT2D eigenvalue weighted by Gasteiger charge is -2.14. The SMILES string of the molecule is O=S(=O)(NC1CCNC1)c1c(Cl)cccc1Br. The molecular formula is C10H12BrClN2O2S. The van der Waals surface area contributed by atoms with Crippen LogP contribution in [-0.4, -0.2) is 27.5 Å². The summed E-state index contributed by atoms with van der Waals surface area (Å²) >= 11 is 9.15. The second kappa shape index (κ2) is 5.24. The Morgan fingerprint density at radius 2 is 2.24 bits per heavy atom. The minimum absolute atomic E-state index is 0.0665. The maximum absolute atomic E-state index is 12.2. The van der Waals surface area contributed by atoms with Gasteiger partial charge in [-0.05, 0) is 41.0 Å². The van der Waals surface area contributed by atoms with Crippen LogP contribution >= 0.6 is 27.5 Å². The van der Waals surface area contributed by atoms with E-state index in [1.807, 2.05) is 0 Å². The highest BCUT2D eigenvalue weighted by Gasteiger charge is 2.26. The van der Waals surface area contributed by atoms with Crippen LogP contribution in [-0.2, 0) is 10.0 Å². The van der Waals surface area contributed by atoms with Gasteiger partial charge in [0.25, 0.3) is 0 Å². The van der Waals surface area contributed by atoms with Crippen molar-refractivity contribution in [3.05, 3.63) is 27.7 Å². The van der Waals surface area contributed by atoms with Gasteiger partial charge in [-0.25, -0.2) is 13.1 Å². The number of sulfonamides is 1. The van der Waals surface area contributed by atoms with Crippen LogP contribution in [0.1, 0.15) is 6.42 Å². The molecule has 4 nitrogen and oxygen atoms in total. The zero-order valence-corrected chi connectivity index (χ0v) is 12.1. The van der Waals surface area contributed by atoms with Crippen LogP contribution in [0, 0.1) is 0 Å². The van der Waals surface area contributed by atoms with Crippen LogP contribution in [0.2, 0.25) is 5.02 Å². The molecule has 2 N–H and O–H groups in total. The zero-order valence-electron chi connectivity index (χ0n) is 8.91. The van der Waals surface area contributed by atoms with Crippen molar-refractivity contribution in [2.45, 2.75) is 17.4 Å². The molecule has 1 atom stereocenters. The third-order valence-corrected chi connectivity index (χ3v) is 5.54. The molecule has 1 heterocycles. The number of hydrogen-bond acceptors (Lipinski definition) is 3. The van der Waals surface area contributed by atoms with Crippen molar-refractivity contribution < 1.29 is 8.42 Å². The van der Waals surface area contributed by atoms with Crippen LogP contribution in [0.4, 0.5) is 0 Å². The summed E-state index contributed by atoms with van der Waals surface area (Å²) in [4.78, 5) is 0.105. The van der Waals surface area contributed by atoms with Crippen LogP contribution in [0.25, 0.3) is 0 Å². The maximum atomic E-state index is 12.2. The molecule has 7 heteroatoms. The van der Waals surface area contributed by atoms with Gasteiger partial charge in [-0.3, -0.25) is 0 Å². The molecule has 0 radical (unpaired) electrons. The summed E-state index contributed by atoms with van der Waals surface area (Å²) < 4.78 is 27.5. The molecule has 1 aromatic carbocycles. The van der Waals surface area contributed by atoms with Crippen molar-refractivity contribution >= 4 is 37.6 Å². The van der Waals surface area contributed by atoms with Gasteiger partial charge in [-0.15, -0.1) is 0 Å². The summed E-state index contributed by atoms with van der Waals surface area (Å²) in [5, 5.41) is 3.32. The van der Waals surface area contributed by atoms with Gasteiger partial charge in [0.05, 0.1) is 5.02 Å². The number of rotatable bonds is 3. The largest absolute Gasteiger partial charge is 0.315 e. The molecule has 0 saturated carbocycles. The van der Waals surface area contributed by atoms with E-state index in [1.54, 1.807) is 18.2 Å². The van der Waals surface area contributed by atoms with Crippen LogP contribution in [0.15, 0.2) is 27.6 Å². The average Bonchev–Trinajstić information content (AvgIpc) is 2.68. The third-order valence-electron chi connectivity index (χ3n) is 2.57.